The second-order valence-electron chi connectivity index (χ2n) is 9.14. The Labute approximate surface area is 203 Å². The second kappa shape index (κ2) is 8.72. The molecule has 3 aromatic heterocycles. The van der Waals surface area contributed by atoms with Gasteiger partial charge in [-0.25, -0.2) is 27.4 Å². The minimum absolute atomic E-state index is 0.143. The lowest BCUT2D eigenvalue weighted by Crippen LogP contribution is -2.65. The van der Waals surface area contributed by atoms with Gasteiger partial charge in [0.05, 0.1) is 42.6 Å². The molecule has 1 N–H and O–H groups in total. The van der Waals surface area contributed by atoms with Crippen molar-refractivity contribution in [1.82, 2.24) is 34.5 Å². The highest BCUT2D eigenvalue weighted by Crippen LogP contribution is 2.31. The van der Waals surface area contributed by atoms with E-state index in [2.05, 4.69) is 31.8 Å². The number of alkyl halides is 3. The van der Waals surface area contributed by atoms with Crippen LogP contribution in [0.3, 0.4) is 0 Å². The average molecular weight is 497 g/mol. The van der Waals surface area contributed by atoms with Crippen LogP contribution in [0.1, 0.15) is 6.42 Å². The maximum atomic E-state index is 15.0. The zero-order valence-electron chi connectivity index (χ0n) is 19.1. The number of anilines is 1. The lowest BCUT2D eigenvalue weighted by molar-refractivity contribution is -0.121. The largest absolute Gasteiger partial charge is 0.375 e. The third-order valence-electron chi connectivity index (χ3n) is 6.90. The molecule has 186 valence electrons. The number of piperidine rings is 1. The van der Waals surface area contributed by atoms with Gasteiger partial charge in [-0.05, 0) is 30.2 Å². The number of nitriles is 1. The number of nitrogens with one attached hydrogen (secondary N) is 1. The Hall–Kier alpha value is -3.76. The summed E-state index contributed by atoms with van der Waals surface area (Å²) < 4.78 is 48.8. The van der Waals surface area contributed by atoms with Gasteiger partial charge in [-0.3, -0.25) is 4.90 Å². The van der Waals surface area contributed by atoms with E-state index in [0.717, 1.165) is 11.1 Å². The predicted octanol–water partition coefficient (Wildman–Crippen LogP) is 2.52. The first kappa shape index (κ1) is 22.7. The molecule has 2 aliphatic rings. The van der Waals surface area contributed by atoms with Gasteiger partial charge in [-0.2, -0.15) is 5.26 Å². The minimum atomic E-state index is -2.54. The first-order valence-corrected chi connectivity index (χ1v) is 11.6. The Morgan fingerprint density at radius 1 is 1.25 bits per heavy atom. The van der Waals surface area contributed by atoms with Crippen molar-refractivity contribution in [1.29, 1.82) is 5.26 Å². The Morgan fingerprint density at radius 3 is 2.83 bits per heavy atom. The Kier molecular flexibility index (Phi) is 5.50. The first-order valence-electron chi connectivity index (χ1n) is 11.6. The molecule has 10 nitrogen and oxygen atoms in total. The van der Waals surface area contributed by atoms with Crippen LogP contribution in [0.4, 0.5) is 19.1 Å². The van der Waals surface area contributed by atoms with E-state index in [0.29, 0.717) is 48.7 Å². The fourth-order valence-electron chi connectivity index (χ4n) is 4.84. The summed E-state index contributed by atoms with van der Waals surface area (Å²) in [5.41, 5.74) is 2.63. The van der Waals surface area contributed by atoms with Gasteiger partial charge in [-0.15, -0.1) is 10.2 Å². The molecule has 0 radical (unpaired) electrons. The van der Waals surface area contributed by atoms with E-state index in [-0.39, 0.29) is 6.54 Å². The number of ether oxygens (including phenoxy) is 1. The van der Waals surface area contributed by atoms with E-state index >= 15 is 0 Å². The monoisotopic (exact) mass is 497 g/mol. The van der Waals surface area contributed by atoms with Gasteiger partial charge in [0.25, 0.3) is 6.43 Å². The van der Waals surface area contributed by atoms with Crippen molar-refractivity contribution in [2.75, 3.05) is 31.6 Å². The van der Waals surface area contributed by atoms with Gasteiger partial charge in [0, 0.05) is 24.8 Å². The highest BCUT2D eigenvalue weighted by molar-refractivity contribution is 5.87. The summed E-state index contributed by atoms with van der Waals surface area (Å²) in [6, 6.07) is 8.99. The molecular formula is C23H22F3N9O. The van der Waals surface area contributed by atoms with Crippen molar-refractivity contribution in [3.05, 3.63) is 36.7 Å². The summed E-state index contributed by atoms with van der Waals surface area (Å²) in [5.74, 6) is 0.294. The topological polar surface area (TPSA) is 109 Å². The third kappa shape index (κ3) is 3.82. The Bertz CT molecular complexity index is 1460. The van der Waals surface area contributed by atoms with E-state index in [4.69, 9.17) is 4.74 Å². The smallest absolute Gasteiger partial charge is 0.258 e. The van der Waals surface area contributed by atoms with Crippen molar-refractivity contribution in [3.8, 4) is 17.2 Å². The van der Waals surface area contributed by atoms with Gasteiger partial charge < -0.3 is 10.1 Å². The molecule has 5 heterocycles. The lowest BCUT2D eigenvalue weighted by Gasteiger charge is -2.48. The number of nitrogens with zero attached hydrogens (tertiary/aromatic N) is 8. The average Bonchev–Trinajstić information content (AvgIpc) is 3.43. The zero-order chi connectivity index (χ0) is 24.9. The maximum Gasteiger partial charge on any atom is 0.258 e. The summed E-state index contributed by atoms with van der Waals surface area (Å²) in [7, 11) is 0. The van der Waals surface area contributed by atoms with E-state index in [1.54, 1.807) is 29.0 Å². The number of hydrogen-bond acceptors (Lipinski definition) is 8. The summed E-state index contributed by atoms with van der Waals surface area (Å²) in [5, 5.41) is 24.8. The fraction of sp³-hybridized carbons (Fsp3) is 0.435. The highest BCUT2D eigenvalue weighted by Gasteiger charge is 2.47. The summed E-state index contributed by atoms with van der Waals surface area (Å²) in [6.07, 6.45) is 0.178. The number of aromatic nitrogens is 6. The van der Waals surface area contributed by atoms with Gasteiger partial charge in [0.2, 0.25) is 5.95 Å². The molecule has 6 rings (SSSR count). The van der Waals surface area contributed by atoms with Crippen molar-refractivity contribution in [2.45, 2.75) is 37.1 Å². The van der Waals surface area contributed by atoms with Gasteiger partial charge in [-0.1, -0.05) is 11.3 Å². The van der Waals surface area contributed by atoms with E-state index in [1.165, 1.54) is 4.68 Å². The van der Waals surface area contributed by atoms with Crippen molar-refractivity contribution >= 4 is 22.5 Å². The van der Waals surface area contributed by atoms with Crippen LogP contribution in [0.15, 0.2) is 36.7 Å². The molecule has 0 spiro atoms. The molecule has 2 fully saturated rings. The van der Waals surface area contributed by atoms with Gasteiger partial charge in [0.1, 0.15) is 18.2 Å². The molecule has 2 atom stereocenters. The van der Waals surface area contributed by atoms with Crippen LogP contribution in [0.25, 0.3) is 27.7 Å². The molecule has 13 heteroatoms. The normalized spacial score (nSPS) is 22.1. The van der Waals surface area contributed by atoms with Gasteiger partial charge >= 0.3 is 0 Å². The number of likely N-dealkylation sites (tertiary alicyclic amines) is 1. The Morgan fingerprint density at radius 2 is 2.11 bits per heavy atom. The Balaban J connectivity index is 1.20. The molecule has 1 aromatic carbocycles. The van der Waals surface area contributed by atoms with Crippen LogP contribution in [0.5, 0.6) is 0 Å². The molecule has 2 aliphatic heterocycles. The van der Waals surface area contributed by atoms with Crippen molar-refractivity contribution < 1.29 is 17.9 Å². The van der Waals surface area contributed by atoms with E-state index < -0.39 is 30.7 Å². The van der Waals surface area contributed by atoms with Crippen LogP contribution >= 0.6 is 0 Å². The van der Waals surface area contributed by atoms with Crippen LogP contribution in [-0.4, -0.2) is 85.0 Å². The quantitative estimate of drug-likeness (QED) is 0.433. The highest BCUT2D eigenvalue weighted by atomic mass is 19.3. The SMILES string of the molecule is N#CC1(N2CC[C@H](Nc3ncc4c(-c5ccc6nnn(CC(F)F)c6c5)ccn4n3)[C@H](F)C2)COC1. The number of benzene rings is 1. The predicted molar refractivity (Wildman–Crippen MR) is 123 cm³/mol. The molecule has 2 saturated heterocycles. The number of fused-ring (bicyclic) bond motifs is 2. The number of halogens is 3. The number of hydrogen-bond donors (Lipinski definition) is 1. The van der Waals surface area contributed by atoms with E-state index in [1.807, 2.05) is 17.0 Å². The van der Waals surface area contributed by atoms with E-state index in [9.17, 15) is 18.4 Å². The summed E-state index contributed by atoms with van der Waals surface area (Å²) >= 11 is 0. The number of rotatable bonds is 6. The lowest BCUT2D eigenvalue weighted by atomic mass is 9.92. The fourth-order valence-corrected chi connectivity index (χ4v) is 4.84. The second-order valence-corrected chi connectivity index (χ2v) is 9.14. The zero-order valence-corrected chi connectivity index (χ0v) is 19.1. The van der Waals surface area contributed by atoms with Crippen LogP contribution in [-0.2, 0) is 11.3 Å². The molecule has 0 saturated carbocycles. The first-order chi connectivity index (χ1) is 17.5. The molecule has 0 amide bonds. The molecule has 0 unspecified atom stereocenters. The molecule has 36 heavy (non-hydrogen) atoms. The summed E-state index contributed by atoms with van der Waals surface area (Å²) in [6.45, 7) is 0.798. The van der Waals surface area contributed by atoms with Crippen LogP contribution < -0.4 is 5.32 Å². The van der Waals surface area contributed by atoms with Gasteiger partial charge in [0.15, 0.2) is 5.54 Å². The standard InChI is InChI=1S/C23H22F3N9O/c24-16-9-33(23(11-27)12-36-13-23)5-4-17(16)29-22-28-8-20-15(3-6-34(20)31-22)14-1-2-18-19(7-14)35(32-30-18)10-21(25)26/h1-3,6-8,16-17,21H,4-5,9-10,12-13H2,(H,29,31)/t16-,17+/m1/s1. The van der Waals surface area contributed by atoms with Crippen LogP contribution in [0.2, 0.25) is 0 Å². The van der Waals surface area contributed by atoms with Crippen LogP contribution in [0, 0.1) is 11.3 Å². The molecular weight excluding hydrogens is 475 g/mol. The third-order valence-corrected chi connectivity index (χ3v) is 6.90. The molecule has 0 bridgehead atoms. The van der Waals surface area contributed by atoms with Crippen molar-refractivity contribution in [2.24, 2.45) is 0 Å². The minimum Gasteiger partial charge on any atom is -0.375 e. The summed E-state index contributed by atoms with van der Waals surface area (Å²) in [4.78, 5) is 6.25. The molecule has 4 aromatic rings. The maximum absolute atomic E-state index is 15.0. The van der Waals surface area contributed by atoms with Crippen molar-refractivity contribution in [3.63, 3.8) is 0 Å². The molecule has 0 aliphatic carbocycles.